The van der Waals surface area contributed by atoms with E-state index in [1.165, 1.54) is 23.7 Å². The number of aliphatic hydroxyl groups is 2. The SMILES string of the molecule is CC1(C)O[C@@H]2[C@H](O1)[C@@H](COCP(=O)(Cl)Cl)O[C@H]2n1cnc2c(NC3CCCC3)nc(Cl)nc21.COP(=O)(O)COC[C@H]1O[C@@H](n2cnc3c(NC4CCCC4)nc(Cl)nc32)[C@H](O)[C@@H]1O. The first-order valence-electron chi connectivity index (χ1n) is 20.8. The number of rotatable bonds is 15. The summed E-state index contributed by atoms with van der Waals surface area (Å²) in [5, 5.41) is 27.8. The van der Waals surface area contributed by atoms with Gasteiger partial charge in [0.1, 0.15) is 49.3 Å². The summed E-state index contributed by atoms with van der Waals surface area (Å²) in [6.45, 7) is 3.53. The van der Waals surface area contributed by atoms with E-state index in [0.29, 0.717) is 40.0 Å². The molecule has 2 aliphatic carbocycles. The van der Waals surface area contributed by atoms with Crippen molar-refractivity contribution in [1.82, 2.24) is 39.0 Å². The van der Waals surface area contributed by atoms with Gasteiger partial charge in [0.05, 0.1) is 25.9 Å². The molecule has 354 valence electrons. The van der Waals surface area contributed by atoms with E-state index in [0.717, 1.165) is 45.6 Å². The molecule has 0 spiro atoms. The normalized spacial score (nSPS) is 29.3. The summed E-state index contributed by atoms with van der Waals surface area (Å²) in [5.74, 6) is -3.06. The first kappa shape index (κ1) is 48.4. The molecule has 9 atom stereocenters. The maximum absolute atomic E-state index is 11.6. The van der Waals surface area contributed by atoms with Crippen molar-refractivity contribution >= 4 is 93.1 Å². The zero-order valence-corrected chi connectivity index (χ0v) is 39.7. The molecule has 22 nitrogen and oxygen atoms in total. The number of nitrogens with one attached hydrogen (secondary N) is 2. The lowest BCUT2D eigenvalue weighted by molar-refractivity contribution is -0.201. The molecule has 0 bridgehead atoms. The molecule has 64 heavy (non-hydrogen) atoms. The second-order valence-electron chi connectivity index (χ2n) is 16.6. The van der Waals surface area contributed by atoms with Gasteiger partial charge in [0.2, 0.25) is 10.6 Å². The Hall–Kier alpha value is -2.08. The number of halogens is 4. The van der Waals surface area contributed by atoms with E-state index >= 15 is 0 Å². The lowest BCUT2D eigenvalue weighted by Gasteiger charge is -2.24. The Morgan fingerprint density at radius 1 is 0.750 bits per heavy atom. The fraction of sp³-hybridized carbons (Fsp3) is 0.722. The molecule has 3 aliphatic heterocycles. The predicted molar refractivity (Wildman–Crippen MR) is 234 cm³/mol. The summed E-state index contributed by atoms with van der Waals surface area (Å²) in [5.41, 5.74) is 1.95. The van der Waals surface area contributed by atoms with Crippen molar-refractivity contribution in [1.29, 1.82) is 0 Å². The van der Waals surface area contributed by atoms with E-state index < -0.39 is 74.7 Å². The average Bonchev–Trinajstić information content (AvgIpc) is 4.10. The van der Waals surface area contributed by atoms with Crippen molar-refractivity contribution in [3.8, 4) is 0 Å². The van der Waals surface area contributed by atoms with Crippen LogP contribution in [0.2, 0.25) is 10.6 Å². The molecule has 5 aliphatic rings. The molecule has 4 aromatic heterocycles. The van der Waals surface area contributed by atoms with Crippen molar-refractivity contribution in [3.05, 3.63) is 23.2 Å². The highest BCUT2D eigenvalue weighted by molar-refractivity contribution is 8.08. The van der Waals surface area contributed by atoms with Crippen LogP contribution in [0.1, 0.15) is 77.7 Å². The molecule has 0 radical (unpaired) electrons. The van der Waals surface area contributed by atoms with Gasteiger partial charge in [-0.05, 0) is 85.2 Å². The van der Waals surface area contributed by atoms with E-state index in [-0.39, 0.29) is 36.2 Å². The lowest BCUT2D eigenvalue weighted by Crippen LogP contribution is -2.34. The zero-order chi connectivity index (χ0) is 45.6. The third kappa shape index (κ3) is 11.1. The largest absolute Gasteiger partial charge is 0.387 e. The summed E-state index contributed by atoms with van der Waals surface area (Å²) in [6.07, 6.45) is 4.58. The second-order valence-corrected chi connectivity index (χ2v) is 24.4. The van der Waals surface area contributed by atoms with Crippen LogP contribution in [0.25, 0.3) is 22.3 Å². The van der Waals surface area contributed by atoms with Crippen LogP contribution in [0.5, 0.6) is 0 Å². The summed E-state index contributed by atoms with van der Waals surface area (Å²) in [7, 11) is -2.77. The van der Waals surface area contributed by atoms with Gasteiger partial charge in [-0.1, -0.05) is 25.7 Å². The second kappa shape index (κ2) is 19.9. The van der Waals surface area contributed by atoms with Crippen LogP contribution in [0.15, 0.2) is 12.7 Å². The van der Waals surface area contributed by atoms with Gasteiger partial charge in [0.25, 0.3) is 5.85 Å². The van der Waals surface area contributed by atoms with E-state index in [1.807, 2.05) is 13.8 Å². The lowest BCUT2D eigenvalue weighted by atomic mass is 10.1. The number of nitrogens with zero attached hydrogens (tertiary/aromatic N) is 8. The minimum atomic E-state index is -3.86. The summed E-state index contributed by atoms with van der Waals surface area (Å²) in [4.78, 5) is 35.6. The van der Waals surface area contributed by atoms with Crippen LogP contribution in [0.4, 0.5) is 11.6 Å². The van der Waals surface area contributed by atoms with Gasteiger partial charge in [-0.15, -0.1) is 0 Å². The standard InChI is InChI=1S/C19H25Cl3N5O5P.C17H25ClN5O7P/c1-19(2)31-13-11(7-29-9-33(21,22)28)30-17(14(13)32-19)27-8-23-12-15(24-10-5-3-4-6-10)25-18(20)26-16(12)27;1-28-31(26,27)8-29-6-10-12(24)13(25)16(30-10)23-7-19-11-14(20-9-4-2-3-5-9)21-17(18)22-15(11)23/h8,10-11,13-14,17H,3-7,9H2,1-2H3,(H,24,25,26);7,9-10,12-13,16,24-25H,2-6,8H2,1H3,(H,26,27)(H,20,21,22)/t11-,13-,14-,17-;10-,12-,13-,16-/m11/s1. The number of imidazole rings is 2. The smallest absolute Gasteiger partial charge is 0.353 e. The Labute approximate surface area is 386 Å². The fourth-order valence-corrected chi connectivity index (χ4v) is 10.1. The molecule has 2 saturated carbocycles. The van der Waals surface area contributed by atoms with Gasteiger partial charge in [0.15, 0.2) is 52.2 Å². The number of anilines is 2. The number of aromatic nitrogens is 8. The van der Waals surface area contributed by atoms with Crippen molar-refractivity contribution in [2.45, 2.75) is 132 Å². The highest BCUT2D eigenvalue weighted by atomic mass is 35.9. The molecular weight excluding hydrogens is 968 g/mol. The number of aliphatic hydroxyl groups excluding tert-OH is 2. The molecule has 0 aromatic carbocycles. The molecule has 5 N–H and O–H groups in total. The Bertz CT molecular complexity index is 2370. The van der Waals surface area contributed by atoms with Gasteiger partial charge in [-0.3, -0.25) is 18.3 Å². The molecule has 7 heterocycles. The molecule has 1 unspecified atom stereocenters. The summed E-state index contributed by atoms with van der Waals surface area (Å²) < 4.78 is 65.6. The van der Waals surface area contributed by atoms with Crippen molar-refractivity contribution in [2.75, 3.05) is 43.7 Å². The molecular formula is C36H50Cl4N10O12P2. The molecule has 28 heteroatoms. The van der Waals surface area contributed by atoms with Gasteiger partial charge >= 0.3 is 7.60 Å². The monoisotopic (exact) mass is 1020 g/mol. The first-order chi connectivity index (χ1) is 30.4. The van der Waals surface area contributed by atoms with Crippen molar-refractivity contribution in [3.63, 3.8) is 0 Å². The van der Waals surface area contributed by atoms with Crippen LogP contribution in [0, 0.1) is 0 Å². The Kier molecular flexibility index (Phi) is 15.0. The van der Waals surface area contributed by atoms with Gasteiger partial charge in [-0.25, -0.2) is 9.97 Å². The first-order valence-corrected chi connectivity index (χ1v) is 27.0. The Balaban J connectivity index is 0.000000175. The molecule has 9 rings (SSSR count). The summed E-state index contributed by atoms with van der Waals surface area (Å²) in [6, 6.07) is 0.621. The van der Waals surface area contributed by atoms with E-state index in [1.54, 1.807) is 10.9 Å². The quantitative estimate of drug-likeness (QED) is 0.0659. The van der Waals surface area contributed by atoms with Crippen LogP contribution in [0.3, 0.4) is 0 Å². The topological polar surface area (TPSA) is 271 Å². The number of hydrogen-bond donors (Lipinski definition) is 5. The molecule has 3 saturated heterocycles. The minimum absolute atomic E-state index is 0.0147. The van der Waals surface area contributed by atoms with Gasteiger partial charge < -0.3 is 58.7 Å². The number of ether oxygens (including phenoxy) is 6. The Morgan fingerprint density at radius 3 is 1.77 bits per heavy atom. The molecule has 0 amide bonds. The third-order valence-electron chi connectivity index (χ3n) is 11.5. The van der Waals surface area contributed by atoms with Crippen LogP contribution < -0.4 is 10.6 Å². The Morgan fingerprint density at radius 2 is 1.23 bits per heavy atom. The number of hydrogen-bond acceptors (Lipinski definition) is 19. The highest BCUT2D eigenvalue weighted by Crippen LogP contribution is 2.56. The van der Waals surface area contributed by atoms with Crippen LogP contribution in [-0.2, 0) is 42.1 Å². The summed E-state index contributed by atoms with van der Waals surface area (Å²) >= 11 is 23.6. The van der Waals surface area contributed by atoms with E-state index in [2.05, 4.69) is 45.1 Å². The van der Waals surface area contributed by atoms with Gasteiger partial charge in [-0.2, -0.15) is 19.9 Å². The molecule has 5 fully saturated rings. The third-order valence-corrected chi connectivity index (χ3v) is 14.0. The number of fused-ring (bicyclic) bond motifs is 3. The van der Waals surface area contributed by atoms with Crippen LogP contribution in [-0.4, -0.2) is 142 Å². The van der Waals surface area contributed by atoms with Crippen LogP contribution >= 0.6 is 59.1 Å². The van der Waals surface area contributed by atoms with E-state index in [4.69, 9.17) is 74.1 Å². The highest BCUT2D eigenvalue weighted by Gasteiger charge is 2.56. The fourth-order valence-electron chi connectivity index (χ4n) is 8.61. The van der Waals surface area contributed by atoms with Crippen molar-refractivity contribution in [2.24, 2.45) is 0 Å². The minimum Gasteiger partial charge on any atom is -0.387 e. The average molecular weight is 1020 g/mol. The maximum Gasteiger partial charge on any atom is 0.353 e. The van der Waals surface area contributed by atoms with Crippen molar-refractivity contribution < 1.29 is 57.2 Å². The zero-order valence-electron chi connectivity index (χ0n) is 34.9. The predicted octanol–water partition coefficient (Wildman–Crippen LogP) is 6.16. The van der Waals surface area contributed by atoms with Gasteiger partial charge in [0, 0.05) is 19.2 Å². The maximum atomic E-state index is 11.6. The van der Waals surface area contributed by atoms with E-state index in [9.17, 15) is 24.2 Å². The molecule has 4 aromatic rings.